The first kappa shape index (κ1) is 22.7. The number of hydrogen-bond acceptors (Lipinski definition) is 4. The molecular weight excluding hydrogens is 452 g/mol. The van der Waals surface area contributed by atoms with Crippen LogP contribution in [0.5, 0.6) is 0 Å². The maximum Gasteiger partial charge on any atom is 0.266 e. The lowest BCUT2D eigenvalue weighted by molar-refractivity contribution is -0.121. The molecule has 5 nitrogen and oxygen atoms in total. The predicted octanol–water partition coefficient (Wildman–Crippen LogP) is 6.41. The third kappa shape index (κ3) is 4.39. The molecule has 0 aliphatic carbocycles. The standard InChI is InChI=1S/C29H24N4OS/c1-19-12-13-20(2)25(14-19)31-29-32(3)28(34)27(35-29)15-23-18-33(26-11-7-6-10-24(23)26)17-22-9-5-4-8-21(22)16-30/h4-15,18H,17H2,1-3H3. The molecule has 1 aliphatic rings. The minimum atomic E-state index is -0.0642. The molecular formula is C29H24N4OS. The van der Waals surface area contributed by atoms with Crippen LogP contribution in [-0.4, -0.2) is 27.6 Å². The summed E-state index contributed by atoms with van der Waals surface area (Å²) in [4.78, 5) is 20.1. The van der Waals surface area contributed by atoms with Gasteiger partial charge >= 0.3 is 0 Å². The molecule has 2 heterocycles. The lowest BCUT2D eigenvalue weighted by Gasteiger charge is -2.08. The molecule has 3 aromatic carbocycles. The van der Waals surface area contributed by atoms with Crippen molar-refractivity contribution in [2.24, 2.45) is 4.99 Å². The number of nitrogens with zero attached hydrogens (tertiary/aromatic N) is 4. The lowest BCUT2D eigenvalue weighted by Crippen LogP contribution is -2.23. The van der Waals surface area contributed by atoms with E-state index >= 15 is 0 Å². The Labute approximate surface area is 209 Å². The highest BCUT2D eigenvalue weighted by Crippen LogP contribution is 2.35. The Morgan fingerprint density at radius 2 is 1.83 bits per heavy atom. The number of nitriles is 1. The summed E-state index contributed by atoms with van der Waals surface area (Å²) >= 11 is 1.39. The molecule has 0 N–H and O–H groups in total. The maximum atomic E-state index is 13.1. The molecule has 172 valence electrons. The average molecular weight is 477 g/mol. The molecule has 0 saturated carbocycles. The van der Waals surface area contributed by atoms with Crippen molar-refractivity contribution in [1.82, 2.24) is 9.47 Å². The van der Waals surface area contributed by atoms with Crippen molar-refractivity contribution >= 4 is 45.5 Å². The van der Waals surface area contributed by atoms with Crippen LogP contribution in [0.3, 0.4) is 0 Å². The topological polar surface area (TPSA) is 61.4 Å². The van der Waals surface area contributed by atoms with Gasteiger partial charge in [0.15, 0.2) is 5.17 Å². The van der Waals surface area contributed by atoms with Crippen molar-refractivity contribution in [3.63, 3.8) is 0 Å². The predicted molar refractivity (Wildman–Crippen MR) is 144 cm³/mol. The smallest absolute Gasteiger partial charge is 0.266 e. The van der Waals surface area contributed by atoms with Gasteiger partial charge in [-0.1, -0.05) is 48.5 Å². The van der Waals surface area contributed by atoms with E-state index in [1.165, 1.54) is 11.8 Å². The molecule has 4 aromatic rings. The SMILES string of the molecule is Cc1ccc(C)c(N=C2SC(=Cc3cn(Cc4ccccc4C#N)c4ccccc34)C(=O)N2C)c1. The molecule has 0 bridgehead atoms. The normalized spacial score (nSPS) is 15.9. The van der Waals surface area contributed by atoms with E-state index in [9.17, 15) is 10.1 Å². The molecule has 0 atom stereocenters. The fraction of sp³-hybridized carbons (Fsp3) is 0.138. The fourth-order valence-electron chi connectivity index (χ4n) is 4.21. The molecule has 35 heavy (non-hydrogen) atoms. The zero-order chi connectivity index (χ0) is 24.5. The number of hydrogen-bond donors (Lipinski definition) is 0. The van der Waals surface area contributed by atoms with Crippen molar-refractivity contribution in [2.45, 2.75) is 20.4 Å². The van der Waals surface area contributed by atoms with Gasteiger partial charge in [0.25, 0.3) is 5.91 Å². The van der Waals surface area contributed by atoms with Crippen LogP contribution in [0.2, 0.25) is 0 Å². The van der Waals surface area contributed by atoms with Crippen LogP contribution in [0.25, 0.3) is 17.0 Å². The minimum Gasteiger partial charge on any atom is -0.342 e. The highest BCUT2D eigenvalue weighted by atomic mass is 32.2. The van der Waals surface area contributed by atoms with E-state index < -0.39 is 0 Å². The number of para-hydroxylation sites is 1. The summed E-state index contributed by atoms with van der Waals surface area (Å²) in [6, 6.07) is 24.2. The molecule has 1 amide bonds. The zero-order valence-corrected chi connectivity index (χ0v) is 20.6. The van der Waals surface area contributed by atoms with E-state index in [0.29, 0.717) is 22.2 Å². The summed E-state index contributed by atoms with van der Waals surface area (Å²) in [6.45, 7) is 4.64. The third-order valence-corrected chi connectivity index (χ3v) is 7.23. The van der Waals surface area contributed by atoms with E-state index in [1.54, 1.807) is 11.9 Å². The molecule has 1 aliphatic heterocycles. The molecule has 5 rings (SSSR count). The van der Waals surface area contributed by atoms with Gasteiger partial charge in [0.2, 0.25) is 0 Å². The second-order valence-electron chi connectivity index (χ2n) is 8.66. The van der Waals surface area contributed by atoms with Crippen molar-refractivity contribution in [3.8, 4) is 6.07 Å². The van der Waals surface area contributed by atoms with Crippen LogP contribution >= 0.6 is 11.8 Å². The van der Waals surface area contributed by atoms with Gasteiger partial charge in [-0.15, -0.1) is 0 Å². The average Bonchev–Trinajstić information content (AvgIpc) is 3.34. The first-order valence-electron chi connectivity index (χ1n) is 11.3. The van der Waals surface area contributed by atoms with Gasteiger partial charge in [-0.3, -0.25) is 9.69 Å². The summed E-state index contributed by atoms with van der Waals surface area (Å²) in [5, 5.41) is 11.2. The second kappa shape index (κ2) is 9.28. The fourth-order valence-corrected chi connectivity index (χ4v) is 5.18. The Bertz CT molecular complexity index is 1570. The molecule has 0 unspecified atom stereocenters. The van der Waals surface area contributed by atoms with Crippen LogP contribution in [0.15, 0.2) is 82.8 Å². The van der Waals surface area contributed by atoms with Crippen LogP contribution in [0, 0.1) is 25.2 Å². The van der Waals surface area contributed by atoms with Crippen molar-refractivity contribution in [2.75, 3.05) is 7.05 Å². The lowest BCUT2D eigenvalue weighted by atomic mass is 10.1. The Morgan fingerprint density at radius 3 is 2.66 bits per heavy atom. The van der Waals surface area contributed by atoms with Gasteiger partial charge < -0.3 is 4.57 Å². The summed E-state index contributed by atoms with van der Waals surface area (Å²) in [7, 11) is 1.77. The number of benzene rings is 3. The Balaban J connectivity index is 1.53. The number of aryl methyl sites for hydroxylation is 2. The Kier molecular flexibility index (Phi) is 6.02. The zero-order valence-electron chi connectivity index (χ0n) is 19.8. The van der Waals surface area contributed by atoms with E-state index in [4.69, 9.17) is 4.99 Å². The summed E-state index contributed by atoms with van der Waals surface area (Å²) in [5.74, 6) is -0.0642. The number of amides is 1. The number of aliphatic imine (C=N–C) groups is 1. The quantitative estimate of drug-likeness (QED) is 0.320. The summed E-state index contributed by atoms with van der Waals surface area (Å²) < 4.78 is 2.14. The van der Waals surface area contributed by atoms with E-state index in [1.807, 2.05) is 68.5 Å². The molecule has 1 saturated heterocycles. The number of amidine groups is 1. The third-order valence-electron chi connectivity index (χ3n) is 6.17. The van der Waals surface area contributed by atoms with Gasteiger partial charge in [0.05, 0.1) is 22.2 Å². The van der Waals surface area contributed by atoms with Gasteiger partial charge in [-0.2, -0.15) is 5.26 Å². The number of carbonyl (C=O) groups is 1. The van der Waals surface area contributed by atoms with E-state index in [0.717, 1.165) is 38.8 Å². The van der Waals surface area contributed by atoms with Gasteiger partial charge in [0.1, 0.15) is 0 Å². The monoisotopic (exact) mass is 476 g/mol. The first-order chi connectivity index (χ1) is 16.9. The largest absolute Gasteiger partial charge is 0.342 e. The molecule has 6 heteroatoms. The highest BCUT2D eigenvalue weighted by molar-refractivity contribution is 8.18. The number of likely N-dealkylation sites (N-methyl/N-ethyl adjacent to an activating group) is 1. The van der Waals surface area contributed by atoms with Gasteiger partial charge in [-0.25, -0.2) is 4.99 Å². The highest BCUT2D eigenvalue weighted by Gasteiger charge is 2.30. The van der Waals surface area contributed by atoms with E-state index in [2.05, 4.69) is 35.0 Å². The molecule has 0 spiro atoms. The van der Waals surface area contributed by atoms with E-state index in [-0.39, 0.29) is 5.91 Å². The van der Waals surface area contributed by atoms with Crippen molar-refractivity contribution in [3.05, 3.63) is 106 Å². The van der Waals surface area contributed by atoms with Gasteiger partial charge in [-0.05, 0) is 66.6 Å². The van der Waals surface area contributed by atoms with Crippen LogP contribution < -0.4 is 0 Å². The summed E-state index contributed by atoms with van der Waals surface area (Å²) in [6.07, 6.45) is 4.00. The molecule has 0 radical (unpaired) electrons. The van der Waals surface area contributed by atoms with Crippen molar-refractivity contribution in [1.29, 1.82) is 5.26 Å². The number of aromatic nitrogens is 1. The number of carbonyl (C=O) groups excluding carboxylic acids is 1. The Morgan fingerprint density at radius 1 is 1.06 bits per heavy atom. The molecule has 1 aromatic heterocycles. The number of thioether (sulfide) groups is 1. The maximum absolute atomic E-state index is 13.1. The minimum absolute atomic E-state index is 0.0642. The second-order valence-corrected chi connectivity index (χ2v) is 9.67. The first-order valence-corrected chi connectivity index (χ1v) is 12.2. The Hall–Kier alpha value is -4.08. The molecule has 1 fully saturated rings. The van der Waals surface area contributed by atoms with Crippen LogP contribution in [0.4, 0.5) is 5.69 Å². The van der Waals surface area contributed by atoms with Crippen LogP contribution in [-0.2, 0) is 11.3 Å². The number of fused-ring (bicyclic) bond motifs is 1. The van der Waals surface area contributed by atoms with Gasteiger partial charge in [0, 0.05) is 36.3 Å². The number of rotatable bonds is 4. The van der Waals surface area contributed by atoms with Crippen molar-refractivity contribution < 1.29 is 4.79 Å². The summed E-state index contributed by atoms with van der Waals surface area (Å²) in [5.41, 5.74) is 6.73. The van der Waals surface area contributed by atoms with Crippen LogP contribution in [0.1, 0.15) is 27.8 Å².